The highest BCUT2D eigenvalue weighted by molar-refractivity contribution is 6.19. The Morgan fingerprint density at radius 2 is 1.04 bits per heavy atom. The largest absolute Gasteiger partial charge is 0.312 e. The van der Waals surface area contributed by atoms with Crippen molar-refractivity contribution in [3.05, 3.63) is 163 Å². The summed E-state index contributed by atoms with van der Waals surface area (Å²) in [5.74, 6) is 1.95. The number of para-hydroxylation sites is 2. The van der Waals surface area contributed by atoms with Crippen LogP contribution in [-0.4, -0.2) is 24.1 Å². The molecule has 0 saturated heterocycles. The van der Waals surface area contributed by atoms with E-state index in [4.69, 9.17) is 15.0 Å². The van der Waals surface area contributed by atoms with Gasteiger partial charge in [0.15, 0.2) is 17.5 Å². The summed E-state index contributed by atoms with van der Waals surface area (Å²) in [6.45, 7) is 4.67. The highest BCUT2D eigenvalue weighted by Gasteiger charge is 2.37. The summed E-state index contributed by atoms with van der Waals surface area (Å²) in [6, 6.07) is 53.4. The van der Waals surface area contributed by atoms with Crippen molar-refractivity contribution in [1.29, 1.82) is 0 Å². The molecule has 0 N–H and O–H groups in total. The number of nitrogens with zero attached hydrogens (tertiary/aromatic N) is 5. The Kier molecular flexibility index (Phi) is 5.85. The molecule has 5 heteroatoms. The summed E-state index contributed by atoms with van der Waals surface area (Å²) in [5, 5.41) is 3.71. The molecule has 0 spiro atoms. The van der Waals surface area contributed by atoms with E-state index >= 15 is 0 Å². The van der Waals surface area contributed by atoms with E-state index in [-0.39, 0.29) is 5.41 Å². The highest BCUT2D eigenvalue weighted by atomic mass is 15.1. The topological polar surface area (TPSA) is 48.5 Å². The van der Waals surface area contributed by atoms with E-state index in [1.165, 1.54) is 49.7 Å². The van der Waals surface area contributed by atoms with Gasteiger partial charge in [-0.25, -0.2) is 15.0 Å². The number of rotatable bonds is 4. The van der Waals surface area contributed by atoms with Crippen molar-refractivity contribution in [2.24, 2.45) is 0 Å². The average Bonchev–Trinajstić information content (AvgIpc) is 3.79. The summed E-state index contributed by atoms with van der Waals surface area (Å²) in [5.41, 5.74) is 11.3. The Morgan fingerprint density at radius 3 is 1.78 bits per heavy atom. The molecule has 0 atom stereocenters. The van der Waals surface area contributed by atoms with E-state index in [0.29, 0.717) is 17.5 Å². The molecule has 9 aromatic rings. The summed E-state index contributed by atoms with van der Waals surface area (Å²) in [6.07, 6.45) is 0. The first kappa shape index (κ1) is 27.8. The molecule has 1 aliphatic heterocycles. The minimum absolute atomic E-state index is 0.107. The molecule has 49 heavy (non-hydrogen) atoms. The smallest absolute Gasteiger partial charge is 0.164 e. The normalized spacial score (nSPS) is 13.3. The minimum Gasteiger partial charge on any atom is -0.312 e. The summed E-state index contributed by atoms with van der Waals surface area (Å²) < 4.78 is 4.88. The zero-order valence-corrected chi connectivity index (χ0v) is 27.2. The maximum Gasteiger partial charge on any atom is 0.164 e. The predicted octanol–water partition coefficient (Wildman–Crippen LogP) is 10.6. The van der Waals surface area contributed by atoms with E-state index in [0.717, 1.165) is 22.4 Å². The van der Waals surface area contributed by atoms with E-state index in [1.54, 1.807) is 0 Å². The third-order valence-electron chi connectivity index (χ3n) is 10.1. The highest BCUT2D eigenvalue weighted by Crippen LogP contribution is 2.48. The van der Waals surface area contributed by atoms with Crippen LogP contribution in [0.5, 0.6) is 0 Å². The Labute approximate surface area is 283 Å². The van der Waals surface area contributed by atoms with Crippen molar-refractivity contribution in [3.8, 4) is 45.5 Å². The fourth-order valence-electron chi connectivity index (χ4n) is 7.79. The fourth-order valence-corrected chi connectivity index (χ4v) is 7.79. The average molecular weight is 630 g/mol. The van der Waals surface area contributed by atoms with Gasteiger partial charge in [-0.1, -0.05) is 129 Å². The molecule has 6 aromatic carbocycles. The van der Waals surface area contributed by atoms with Gasteiger partial charge < -0.3 is 9.13 Å². The molecule has 1 aliphatic rings. The Morgan fingerprint density at radius 1 is 0.449 bits per heavy atom. The van der Waals surface area contributed by atoms with Gasteiger partial charge in [0.2, 0.25) is 0 Å². The van der Waals surface area contributed by atoms with Crippen molar-refractivity contribution < 1.29 is 0 Å². The van der Waals surface area contributed by atoms with Crippen LogP contribution >= 0.6 is 0 Å². The molecule has 3 aromatic heterocycles. The molecular formula is C44H31N5. The maximum atomic E-state index is 5.03. The lowest BCUT2D eigenvalue weighted by Crippen LogP contribution is -2.14. The summed E-state index contributed by atoms with van der Waals surface area (Å²) in [7, 11) is 0. The zero-order chi connectivity index (χ0) is 32.7. The van der Waals surface area contributed by atoms with Crippen molar-refractivity contribution in [2.45, 2.75) is 19.3 Å². The first-order chi connectivity index (χ1) is 24.1. The van der Waals surface area contributed by atoms with Gasteiger partial charge in [-0.05, 0) is 42.0 Å². The SMILES string of the molecule is CC1(C)c2ccccc2-n2c1cc1c2ccc2c3ccccc3n(-c3cccc(-c4nc(-c5ccccc5)nc(-c5ccccc5)n4)c3)c21. The van der Waals surface area contributed by atoms with Gasteiger partial charge >= 0.3 is 0 Å². The molecule has 0 amide bonds. The monoisotopic (exact) mass is 629 g/mol. The molecule has 0 fully saturated rings. The number of benzene rings is 6. The van der Waals surface area contributed by atoms with Gasteiger partial charge in [-0.15, -0.1) is 0 Å². The lowest BCUT2D eigenvalue weighted by atomic mass is 9.83. The lowest BCUT2D eigenvalue weighted by molar-refractivity contribution is 0.645. The first-order valence-electron chi connectivity index (χ1n) is 16.7. The second-order valence-electron chi connectivity index (χ2n) is 13.3. The van der Waals surface area contributed by atoms with Gasteiger partial charge in [-0.3, -0.25) is 0 Å². The lowest BCUT2D eigenvalue weighted by Gasteiger charge is -2.18. The van der Waals surface area contributed by atoms with E-state index in [2.05, 4.69) is 114 Å². The third kappa shape index (κ3) is 4.09. The maximum absolute atomic E-state index is 5.03. The third-order valence-corrected chi connectivity index (χ3v) is 10.1. The molecule has 0 bridgehead atoms. The molecule has 4 heterocycles. The van der Waals surface area contributed by atoms with Crippen molar-refractivity contribution in [2.75, 3.05) is 0 Å². The second-order valence-corrected chi connectivity index (χ2v) is 13.3. The fraction of sp³-hybridized carbons (Fsp3) is 0.0682. The molecule has 0 saturated carbocycles. The molecule has 0 unspecified atom stereocenters. The van der Waals surface area contributed by atoms with E-state index < -0.39 is 0 Å². The quantitative estimate of drug-likeness (QED) is 0.195. The van der Waals surface area contributed by atoms with Gasteiger partial charge in [-0.2, -0.15) is 0 Å². The van der Waals surface area contributed by atoms with Crippen LogP contribution < -0.4 is 0 Å². The summed E-state index contributed by atoms with van der Waals surface area (Å²) >= 11 is 0. The number of hydrogen-bond donors (Lipinski definition) is 0. The van der Waals surface area contributed by atoms with E-state index in [9.17, 15) is 0 Å². The van der Waals surface area contributed by atoms with Crippen LogP contribution in [0, 0.1) is 0 Å². The van der Waals surface area contributed by atoms with Gasteiger partial charge in [0.05, 0.1) is 16.6 Å². The van der Waals surface area contributed by atoms with Crippen LogP contribution in [-0.2, 0) is 5.41 Å². The van der Waals surface area contributed by atoms with Gasteiger partial charge in [0.25, 0.3) is 0 Å². The zero-order valence-electron chi connectivity index (χ0n) is 27.2. The molecule has 0 aliphatic carbocycles. The Balaban J connectivity index is 1.22. The molecule has 232 valence electrons. The molecule has 10 rings (SSSR count). The standard InChI is InChI=1S/C44H31N5/c1-44(2)35-21-10-12-23-38(35)49-37-25-24-33-32-20-9-11-22-36(32)48(40(33)34(37)27-39(44)49)31-19-13-18-30(26-31)43-46-41(28-14-5-3-6-15-28)45-42(47-43)29-16-7-4-8-17-29/h3-27H,1-2H3. The Bertz CT molecular complexity index is 2680. The van der Waals surface area contributed by atoms with Gasteiger partial charge in [0.1, 0.15) is 0 Å². The molecular weight excluding hydrogens is 599 g/mol. The van der Waals surface area contributed by atoms with Gasteiger partial charge in [0, 0.05) is 55.3 Å². The summed E-state index contributed by atoms with van der Waals surface area (Å²) in [4.78, 5) is 15.0. The van der Waals surface area contributed by atoms with Crippen molar-refractivity contribution in [3.63, 3.8) is 0 Å². The Hall–Kier alpha value is -6.33. The van der Waals surface area contributed by atoms with Crippen LogP contribution in [0.2, 0.25) is 0 Å². The van der Waals surface area contributed by atoms with Crippen LogP contribution in [0.4, 0.5) is 0 Å². The molecule has 5 nitrogen and oxygen atoms in total. The van der Waals surface area contributed by atoms with Crippen LogP contribution in [0.25, 0.3) is 78.2 Å². The number of hydrogen-bond acceptors (Lipinski definition) is 3. The van der Waals surface area contributed by atoms with Crippen LogP contribution in [0.15, 0.2) is 152 Å². The van der Waals surface area contributed by atoms with Crippen LogP contribution in [0.3, 0.4) is 0 Å². The van der Waals surface area contributed by atoms with E-state index in [1.807, 2.05) is 60.7 Å². The second kappa shape index (κ2) is 10.3. The van der Waals surface area contributed by atoms with Crippen molar-refractivity contribution >= 4 is 32.7 Å². The molecule has 0 radical (unpaired) electrons. The first-order valence-corrected chi connectivity index (χ1v) is 16.7. The predicted molar refractivity (Wildman–Crippen MR) is 199 cm³/mol. The van der Waals surface area contributed by atoms with Crippen molar-refractivity contribution in [1.82, 2.24) is 24.1 Å². The van der Waals surface area contributed by atoms with Crippen LogP contribution in [0.1, 0.15) is 25.1 Å². The number of aromatic nitrogens is 5. The minimum atomic E-state index is -0.107. The number of fused-ring (bicyclic) bond motifs is 9.